The van der Waals surface area contributed by atoms with Crippen LogP contribution in [-0.2, 0) is 6.54 Å². The Morgan fingerprint density at radius 3 is 2.79 bits per heavy atom. The Morgan fingerprint density at radius 2 is 2.12 bits per heavy atom. The van der Waals surface area contributed by atoms with Gasteiger partial charge in [0.15, 0.2) is 0 Å². The van der Waals surface area contributed by atoms with Gasteiger partial charge in [-0.15, -0.1) is 0 Å². The van der Waals surface area contributed by atoms with Crippen molar-refractivity contribution in [3.8, 4) is 5.75 Å². The number of nitrogens with zero attached hydrogens (tertiary/aromatic N) is 3. The van der Waals surface area contributed by atoms with Crippen molar-refractivity contribution in [2.45, 2.75) is 25.4 Å². The summed E-state index contributed by atoms with van der Waals surface area (Å²) in [7, 11) is 5.04. The van der Waals surface area contributed by atoms with E-state index in [2.05, 4.69) is 4.90 Å². The van der Waals surface area contributed by atoms with Crippen LogP contribution >= 0.6 is 0 Å². The van der Waals surface area contributed by atoms with Gasteiger partial charge in [0, 0.05) is 45.8 Å². The summed E-state index contributed by atoms with van der Waals surface area (Å²) in [6.07, 6.45) is 3.59. The Bertz CT molecular complexity index is 657. The van der Waals surface area contributed by atoms with Crippen LogP contribution in [0.4, 0.5) is 4.79 Å². The van der Waals surface area contributed by atoms with Gasteiger partial charge in [0.25, 0.3) is 0 Å². The number of carbonyl (C=O) groups excluding carboxylic acids is 1. The predicted octanol–water partition coefficient (Wildman–Crippen LogP) is 1.23. The van der Waals surface area contributed by atoms with E-state index in [0.717, 1.165) is 32.5 Å². The third-order valence-electron chi connectivity index (χ3n) is 4.91. The third-order valence-corrected chi connectivity index (χ3v) is 4.91. The average Bonchev–Trinajstić information content (AvgIpc) is 2.86. The summed E-state index contributed by atoms with van der Waals surface area (Å²) >= 11 is 0. The number of ether oxygens (including phenoxy) is 1. The molecule has 0 saturated carbocycles. The fourth-order valence-corrected chi connectivity index (χ4v) is 3.68. The maximum atomic E-state index is 12.3. The van der Waals surface area contributed by atoms with Gasteiger partial charge in [-0.05, 0) is 18.8 Å². The molecule has 0 N–H and O–H groups in total. The highest BCUT2D eigenvalue weighted by molar-refractivity contribution is 5.74. The summed E-state index contributed by atoms with van der Waals surface area (Å²) in [4.78, 5) is 30.1. The molecule has 7 nitrogen and oxygen atoms in total. The van der Waals surface area contributed by atoms with Crippen molar-refractivity contribution in [1.29, 1.82) is 0 Å². The van der Waals surface area contributed by atoms with E-state index in [9.17, 15) is 9.59 Å². The number of piperidine rings is 1. The summed E-state index contributed by atoms with van der Waals surface area (Å²) in [6.45, 7) is 3.05. The summed E-state index contributed by atoms with van der Waals surface area (Å²) in [5.74, 6) is 1.33. The van der Waals surface area contributed by atoms with Crippen molar-refractivity contribution in [2.24, 2.45) is 5.92 Å². The first kappa shape index (κ1) is 16.8. The fraction of sp³-hybridized carbons (Fsp3) is 0.647. The van der Waals surface area contributed by atoms with Gasteiger partial charge in [-0.3, -0.25) is 9.69 Å². The van der Waals surface area contributed by atoms with Crippen molar-refractivity contribution >= 4 is 6.03 Å². The van der Waals surface area contributed by atoms with E-state index in [1.807, 2.05) is 4.90 Å². The van der Waals surface area contributed by atoms with Crippen LogP contribution in [0.25, 0.3) is 0 Å². The summed E-state index contributed by atoms with van der Waals surface area (Å²) in [6, 6.07) is 1.88. The molecule has 2 atom stereocenters. The van der Waals surface area contributed by atoms with E-state index in [0.29, 0.717) is 24.3 Å². The molecule has 3 saturated heterocycles. The number of carbonyl (C=O) groups is 1. The molecule has 4 rings (SSSR count). The largest absolute Gasteiger partial charge is 0.490 e. The van der Waals surface area contributed by atoms with Crippen LogP contribution in [0.1, 0.15) is 18.6 Å². The Labute approximate surface area is 141 Å². The van der Waals surface area contributed by atoms with Crippen LogP contribution in [0, 0.1) is 5.92 Å². The minimum atomic E-state index is -0.164. The van der Waals surface area contributed by atoms with Crippen molar-refractivity contribution in [3.63, 3.8) is 0 Å². The molecule has 0 spiro atoms. The lowest BCUT2D eigenvalue weighted by atomic mass is 9.95. The zero-order valence-electron chi connectivity index (χ0n) is 14.5. The third kappa shape index (κ3) is 3.40. The highest BCUT2D eigenvalue weighted by Gasteiger charge is 2.37. The number of urea groups is 1. The van der Waals surface area contributed by atoms with Gasteiger partial charge < -0.3 is 19.0 Å². The van der Waals surface area contributed by atoms with E-state index in [1.54, 1.807) is 19.0 Å². The van der Waals surface area contributed by atoms with Gasteiger partial charge in [-0.25, -0.2) is 4.79 Å². The second-order valence-electron chi connectivity index (χ2n) is 6.89. The van der Waals surface area contributed by atoms with Crippen LogP contribution in [0.5, 0.6) is 5.75 Å². The van der Waals surface area contributed by atoms with E-state index >= 15 is 0 Å². The molecular weight excluding hydrogens is 310 g/mol. The molecule has 0 unspecified atom stereocenters. The fourth-order valence-electron chi connectivity index (χ4n) is 3.68. The summed E-state index contributed by atoms with van der Waals surface area (Å²) in [5, 5.41) is 0. The molecule has 0 aromatic carbocycles. The standard InChI is InChI=1S/C17H25N3O4/c1-18(2)17(22)20-8-12-4-5-13(9-20)19(7-12)10-14-6-15(21)16(23-3)11-24-14/h6,11-13H,4-5,7-10H2,1-3H3/t12-,13-/m0/s1. The van der Waals surface area contributed by atoms with Crippen LogP contribution in [-0.4, -0.2) is 67.6 Å². The van der Waals surface area contributed by atoms with Crippen LogP contribution < -0.4 is 10.2 Å². The zero-order valence-corrected chi connectivity index (χ0v) is 14.5. The number of methoxy groups -OCH3 is 1. The lowest BCUT2D eigenvalue weighted by molar-refractivity contribution is 0.113. The molecule has 3 aliphatic heterocycles. The lowest BCUT2D eigenvalue weighted by Crippen LogP contribution is -2.45. The molecule has 2 bridgehead atoms. The topological polar surface area (TPSA) is 66.2 Å². The first-order valence-corrected chi connectivity index (χ1v) is 8.34. The van der Waals surface area contributed by atoms with E-state index < -0.39 is 0 Å². The Hall–Kier alpha value is -2.02. The molecule has 24 heavy (non-hydrogen) atoms. The van der Waals surface area contributed by atoms with Crippen LogP contribution in [0.15, 0.2) is 21.5 Å². The molecule has 1 aromatic heterocycles. The second kappa shape index (κ2) is 6.84. The minimum Gasteiger partial charge on any atom is -0.490 e. The Kier molecular flexibility index (Phi) is 4.80. The van der Waals surface area contributed by atoms with Crippen molar-refractivity contribution < 1.29 is 13.9 Å². The van der Waals surface area contributed by atoms with Crippen molar-refractivity contribution in [3.05, 3.63) is 28.3 Å². The number of hydrogen-bond acceptors (Lipinski definition) is 5. The highest BCUT2D eigenvalue weighted by Crippen LogP contribution is 2.29. The lowest BCUT2D eigenvalue weighted by Gasteiger charge is -2.35. The summed E-state index contributed by atoms with van der Waals surface area (Å²) < 4.78 is 10.5. The van der Waals surface area contributed by atoms with E-state index in [1.165, 1.54) is 19.4 Å². The van der Waals surface area contributed by atoms with Gasteiger partial charge in [-0.1, -0.05) is 0 Å². The van der Waals surface area contributed by atoms with E-state index in [4.69, 9.17) is 9.15 Å². The molecule has 7 heteroatoms. The zero-order chi connectivity index (χ0) is 17.3. The highest BCUT2D eigenvalue weighted by atomic mass is 16.5. The van der Waals surface area contributed by atoms with Gasteiger partial charge in [0.1, 0.15) is 12.0 Å². The molecular formula is C17H25N3O4. The van der Waals surface area contributed by atoms with Gasteiger partial charge in [-0.2, -0.15) is 0 Å². The molecule has 2 amide bonds. The van der Waals surface area contributed by atoms with Gasteiger partial charge >= 0.3 is 6.03 Å². The minimum absolute atomic E-state index is 0.0738. The molecule has 0 aliphatic carbocycles. The first-order chi connectivity index (χ1) is 11.5. The molecule has 132 valence electrons. The smallest absolute Gasteiger partial charge is 0.319 e. The number of fused-ring (bicyclic) bond motifs is 4. The molecule has 4 heterocycles. The van der Waals surface area contributed by atoms with Crippen LogP contribution in [0.2, 0.25) is 0 Å². The second-order valence-corrected chi connectivity index (χ2v) is 6.89. The van der Waals surface area contributed by atoms with Crippen molar-refractivity contribution in [1.82, 2.24) is 14.7 Å². The molecule has 3 fully saturated rings. The Balaban J connectivity index is 1.73. The maximum absolute atomic E-state index is 12.3. The van der Waals surface area contributed by atoms with Gasteiger partial charge in [0.05, 0.1) is 13.7 Å². The monoisotopic (exact) mass is 335 g/mol. The van der Waals surface area contributed by atoms with Gasteiger partial charge in [0.2, 0.25) is 11.2 Å². The Morgan fingerprint density at radius 1 is 1.33 bits per heavy atom. The molecule has 3 aliphatic rings. The normalized spacial score (nSPS) is 23.9. The van der Waals surface area contributed by atoms with E-state index in [-0.39, 0.29) is 17.2 Å². The van der Waals surface area contributed by atoms with Crippen molar-refractivity contribution in [2.75, 3.05) is 40.8 Å². The first-order valence-electron chi connectivity index (χ1n) is 8.34. The SMILES string of the molecule is COc1coc(CN2C[C@@H]3CC[C@H]2CN(C(=O)N(C)C)C3)cc1=O. The number of amides is 2. The average molecular weight is 335 g/mol. The molecule has 1 aromatic rings. The summed E-state index contributed by atoms with van der Waals surface area (Å²) in [5.41, 5.74) is -0.164. The molecule has 0 radical (unpaired) electrons. The van der Waals surface area contributed by atoms with Crippen LogP contribution in [0.3, 0.4) is 0 Å². The number of hydrogen-bond donors (Lipinski definition) is 0. The maximum Gasteiger partial charge on any atom is 0.319 e. The number of rotatable bonds is 3. The quantitative estimate of drug-likeness (QED) is 0.831. The predicted molar refractivity (Wildman–Crippen MR) is 89.1 cm³/mol.